The summed E-state index contributed by atoms with van der Waals surface area (Å²) in [5.41, 5.74) is 0.346. The molecule has 0 bridgehead atoms. The van der Waals surface area contributed by atoms with E-state index in [0.29, 0.717) is 16.5 Å². The minimum Gasteiger partial charge on any atom is -0.506 e. The zero-order valence-corrected chi connectivity index (χ0v) is 16.8. The molecule has 0 aliphatic carbocycles. The quantitative estimate of drug-likeness (QED) is 0.222. The molecule has 9 nitrogen and oxygen atoms in total. The van der Waals surface area contributed by atoms with Crippen molar-refractivity contribution in [2.24, 2.45) is 10.2 Å². The number of azo groups is 1. The number of aromatic hydroxyl groups is 1. The van der Waals surface area contributed by atoms with Gasteiger partial charge in [-0.1, -0.05) is 12.1 Å². The average molecular weight is 396 g/mol. The molecule has 0 spiro atoms. The van der Waals surface area contributed by atoms with Crippen molar-refractivity contribution >= 4 is 38.0 Å². The standard InChI is InChI=1S/C16H11N3O6S.Na/c20-15-8-1-10-9-13(26(23,24)25)6-7-14(10)16(15)18-17-11-2-4-12(5-3-11)19(21)22;/h1-9,20H,(H,23,24,25);/q;+1. The zero-order chi connectivity index (χ0) is 18.9. The Morgan fingerprint density at radius 1 is 0.963 bits per heavy atom. The zero-order valence-electron chi connectivity index (χ0n) is 14.0. The van der Waals surface area contributed by atoms with Crippen molar-refractivity contribution in [1.82, 2.24) is 0 Å². The van der Waals surface area contributed by atoms with E-state index < -0.39 is 15.0 Å². The molecule has 0 unspecified atom stereocenters. The average Bonchev–Trinajstić information content (AvgIpc) is 2.60. The molecule has 3 rings (SSSR count). The van der Waals surface area contributed by atoms with E-state index in [-0.39, 0.29) is 51.6 Å². The van der Waals surface area contributed by atoms with E-state index in [0.717, 1.165) is 0 Å². The van der Waals surface area contributed by atoms with Crippen LogP contribution in [-0.4, -0.2) is 23.0 Å². The van der Waals surface area contributed by atoms with Crippen LogP contribution in [0.25, 0.3) is 10.8 Å². The van der Waals surface area contributed by atoms with Crippen LogP contribution < -0.4 is 29.6 Å². The Bertz CT molecular complexity index is 1150. The first kappa shape index (κ1) is 20.9. The van der Waals surface area contributed by atoms with Gasteiger partial charge in [-0.15, -0.1) is 5.11 Å². The number of phenolic OH excluding ortho intramolecular Hbond substituents is 1. The van der Waals surface area contributed by atoms with Crippen molar-refractivity contribution in [2.75, 3.05) is 0 Å². The smallest absolute Gasteiger partial charge is 0.506 e. The van der Waals surface area contributed by atoms with Gasteiger partial charge in [0.2, 0.25) is 0 Å². The van der Waals surface area contributed by atoms with E-state index in [9.17, 15) is 23.6 Å². The fraction of sp³-hybridized carbons (Fsp3) is 0. The topological polar surface area (TPSA) is 142 Å². The molecule has 0 fully saturated rings. The molecule has 27 heavy (non-hydrogen) atoms. The molecule has 3 aromatic carbocycles. The second-order valence-electron chi connectivity index (χ2n) is 5.26. The van der Waals surface area contributed by atoms with Crippen LogP contribution in [0.4, 0.5) is 17.1 Å². The van der Waals surface area contributed by atoms with E-state index >= 15 is 0 Å². The number of hydrogen-bond donors (Lipinski definition) is 2. The normalized spacial score (nSPS) is 11.4. The Labute approximate surface area is 175 Å². The van der Waals surface area contributed by atoms with Crippen molar-refractivity contribution in [3.05, 3.63) is 64.7 Å². The van der Waals surface area contributed by atoms with Crippen LogP contribution in [-0.2, 0) is 10.1 Å². The first-order valence-corrected chi connectivity index (χ1v) is 8.59. The van der Waals surface area contributed by atoms with Gasteiger partial charge >= 0.3 is 29.6 Å². The van der Waals surface area contributed by atoms with Gasteiger partial charge in [0, 0.05) is 17.5 Å². The first-order valence-electron chi connectivity index (χ1n) is 7.15. The third-order valence-electron chi connectivity index (χ3n) is 3.57. The van der Waals surface area contributed by atoms with Crippen LogP contribution in [0.3, 0.4) is 0 Å². The summed E-state index contributed by atoms with van der Waals surface area (Å²) in [5, 5.41) is 29.4. The molecule has 11 heteroatoms. The fourth-order valence-corrected chi connectivity index (χ4v) is 2.81. The molecule has 0 heterocycles. The van der Waals surface area contributed by atoms with Gasteiger partial charge < -0.3 is 5.11 Å². The third kappa shape index (κ3) is 4.67. The van der Waals surface area contributed by atoms with Crippen LogP contribution in [0.5, 0.6) is 5.75 Å². The van der Waals surface area contributed by atoms with E-state index in [2.05, 4.69) is 10.2 Å². The molecule has 0 saturated carbocycles. The summed E-state index contributed by atoms with van der Waals surface area (Å²) in [6, 6.07) is 12.0. The summed E-state index contributed by atoms with van der Waals surface area (Å²) in [7, 11) is -4.36. The summed E-state index contributed by atoms with van der Waals surface area (Å²) in [5.74, 6) is -0.178. The molecular formula is C16H11N3NaO6S+. The minimum atomic E-state index is -4.36. The number of nitro benzene ring substituents is 1. The van der Waals surface area contributed by atoms with Crippen LogP contribution in [0, 0.1) is 10.1 Å². The molecule has 0 aromatic heterocycles. The monoisotopic (exact) mass is 396 g/mol. The van der Waals surface area contributed by atoms with Gasteiger partial charge in [-0.3, -0.25) is 14.7 Å². The van der Waals surface area contributed by atoms with Gasteiger partial charge in [0.05, 0.1) is 15.5 Å². The van der Waals surface area contributed by atoms with E-state index in [1.54, 1.807) is 0 Å². The van der Waals surface area contributed by atoms with Crippen molar-refractivity contribution in [2.45, 2.75) is 4.90 Å². The van der Waals surface area contributed by atoms with Crippen LogP contribution in [0.2, 0.25) is 0 Å². The molecule has 0 amide bonds. The molecule has 0 atom stereocenters. The molecule has 132 valence electrons. The predicted octanol–water partition coefficient (Wildman–Crippen LogP) is 1.12. The van der Waals surface area contributed by atoms with Crippen LogP contribution in [0.15, 0.2) is 69.7 Å². The largest absolute Gasteiger partial charge is 1.00 e. The first-order chi connectivity index (χ1) is 12.3. The second kappa shape index (κ2) is 8.11. The maximum atomic E-state index is 11.2. The Balaban J connectivity index is 0.00000261. The van der Waals surface area contributed by atoms with Gasteiger partial charge in [0.1, 0.15) is 11.4 Å². The van der Waals surface area contributed by atoms with Gasteiger partial charge in [0.25, 0.3) is 15.8 Å². The number of benzene rings is 3. The van der Waals surface area contributed by atoms with Crippen LogP contribution >= 0.6 is 0 Å². The maximum absolute atomic E-state index is 11.2. The Hall–Kier alpha value is -2.37. The third-order valence-corrected chi connectivity index (χ3v) is 4.42. The molecule has 3 aromatic rings. The Morgan fingerprint density at radius 3 is 2.22 bits per heavy atom. The summed E-state index contributed by atoms with van der Waals surface area (Å²) in [6.45, 7) is 0. The number of hydrogen-bond acceptors (Lipinski definition) is 7. The minimum absolute atomic E-state index is 0. The predicted molar refractivity (Wildman–Crippen MR) is 92.7 cm³/mol. The number of rotatable bonds is 4. The van der Waals surface area contributed by atoms with Crippen molar-refractivity contribution in [3.63, 3.8) is 0 Å². The summed E-state index contributed by atoms with van der Waals surface area (Å²) in [6.07, 6.45) is 0. The number of nitrogens with zero attached hydrogens (tertiary/aromatic N) is 3. The fourth-order valence-electron chi connectivity index (χ4n) is 2.29. The van der Waals surface area contributed by atoms with Gasteiger partial charge in [-0.05, 0) is 35.7 Å². The van der Waals surface area contributed by atoms with Crippen LogP contribution in [0.1, 0.15) is 0 Å². The summed E-state index contributed by atoms with van der Waals surface area (Å²) < 4.78 is 31.6. The molecular weight excluding hydrogens is 385 g/mol. The molecule has 0 radical (unpaired) electrons. The van der Waals surface area contributed by atoms with Gasteiger partial charge in [-0.25, -0.2) is 0 Å². The SMILES string of the molecule is O=[N+]([O-])c1ccc(N=Nc2c(O)ccc3cc(S(=O)(=O)O)ccc23)cc1.[Na+]. The molecule has 0 aliphatic rings. The Morgan fingerprint density at radius 2 is 1.63 bits per heavy atom. The van der Waals surface area contributed by atoms with Gasteiger partial charge in [0.15, 0.2) is 0 Å². The van der Waals surface area contributed by atoms with E-state index in [4.69, 9.17) is 4.55 Å². The maximum Gasteiger partial charge on any atom is 1.00 e. The van der Waals surface area contributed by atoms with Crippen molar-refractivity contribution in [1.29, 1.82) is 0 Å². The number of fused-ring (bicyclic) bond motifs is 1. The number of nitro groups is 1. The number of non-ortho nitro benzene ring substituents is 1. The molecule has 0 saturated heterocycles. The number of phenols is 1. The van der Waals surface area contributed by atoms with E-state index in [1.165, 1.54) is 54.6 Å². The Kier molecular flexibility index (Phi) is 6.29. The summed E-state index contributed by atoms with van der Waals surface area (Å²) in [4.78, 5) is 9.82. The van der Waals surface area contributed by atoms with Gasteiger partial charge in [-0.2, -0.15) is 13.5 Å². The molecule has 0 aliphatic heterocycles. The van der Waals surface area contributed by atoms with Crippen molar-refractivity contribution in [3.8, 4) is 5.75 Å². The second-order valence-corrected chi connectivity index (χ2v) is 6.69. The van der Waals surface area contributed by atoms with E-state index in [1.807, 2.05) is 0 Å². The molecule has 2 N–H and O–H groups in total. The van der Waals surface area contributed by atoms with Crippen molar-refractivity contribution < 1.29 is 52.6 Å². The summed E-state index contributed by atoms with van der Waals surface area (Å²) >= 11 is 0.